The lowest BCUT2D eigenvalue weighted by Crippen LogP contribution is -2.11. The van der Waals surface area contributed by atoms with Crippen LogP contribution in [0.4, 0.5) is 0 Å². The third-order valence-corrected chi connectivity index (χ3v) is 1.38. The fraction of sp³-hybridized carbons (Fsp3) is 0.636. The minimum Gasteiger partial charge on any atom is -0.404 e. The van der Waals surface area contributed by atoms with Crippen LogP contribution < -0.4 is 0 Å². The quantitative estimate of drug-likeness (QED) is 0.478. The van der Waals surface area contributed by atoms with Crippen molar-refractivity contribution in [2.75, 3.05) is 0 Å². The highest BCUT2D eigenvalue weighted by Crippen LogP contribution is 2.05. The summed E-state index contributed by atoms with van der Waals surface area (Å²) in [5.74, 6) is 5.30. The van der Waals surface area contributed by atoms with Crippen LogP contribution in [0.3, 0.4) is 0 Å². The molecule has 0 unspecified atom stereocenters. The summed E-state index contributed by atoms with van der Waals surface area (Å²) in [5.41, 5.74) is 0. The van der Waals surface area contributed by atoms with Crippen molar-refractivity contribution in [1.29, 1.82) is 0 Å². The molecule has 0 aliphatic carbocycles. The Kier molecular flexibility index (Phi) is 7.95. The van der Waals surface area contributed by atoms with E-state index in [1.54, 1.807) is 13.8 Å². The van der Waals surface area contributed by atoms with E-state index in [1.807, 2.05) is 0 Å². The average Bonchev–Trinajstić information content (AvgIpc) is 2.17. The topological polar surface area (TPSA) is 18.5 Å². The molecule has 0 amide bonds. The molecule has 0 aromatic carbocycles. The van der Waals surface area contributed by atoms with E-state index in [4.69, 9.17) is 9.47 Å². The fourth-order valence-electron chi connectivity index (χ4n) is 0.762. The summed E-state index contributed by atoms with van der Waals surface area (Å²) < 4.78 is 10.2. The molecule has 0 heterocycles. The van der Waals surface area contributed by atoms with Crippen molar-refractivity contribution in [2.24, 2.45) is 0 Å². The number of ether oxygens (including phenoxy) is 2. The maximum Gasteiger partial charge on any atom is 0.261 e. The number of hydrogen-bond donors (Lipinski definition) is 0. The zero-order valence-electron chi connectivity index (χ0n) is 8.52. The first kappa shape index (κ1) is 11.7. The minimum absolute atomic E-state index is 0.306. The molecular weight excluding hydrogens is 164 g/mol. The Morgan fingerprint density at radius 3 is 2.00 bits per heavy atom. The monoisotopic (exact) mass is 180 g/mol. The summed E-state index contributed by atoms with van der Waals surface area (Å²) in [6.45, 7) is 5.57. The van der Waals surface area contributed by atoms with E-state index in [2.05, 4.69) is 31.0 Å². The predicted molar refractivity (Wildman–Crippen MR) is 52.4 cm³/mol. The minimum atomic E-state index is -0.306. The maximum atomic E-state index is 5.11. The van der Waals surface area contributed by atoms with Gasteiger partial charge in [0.05, 0.1) is 0 Å². The second-order valence-electron chi connectivity index (χ2n) is 2.51. The third-order valence-electron chi connectivity index (χ3n) is 1.38. The summed E-state index contributed by atoms with van der Waals surface area (Å²) in [6.07, 6.45) is 7.74. The van der Waals surface area contributed by atoms with Crippen molar-refractivity contribution < 1.29 is 9.47 Å². The molecule has 0 fully saturated rings. The standard InChI is InChI=1S/C11H16O2/c1-4-7-8-11(12-9-5-2)13-10-6-3/h11H,4,7-8H2,1-3H3. The van der Waals surface area contributed by atoms with Crippen LogP contribution in [-0.4, -0.2) is 6.29 Å². The lowest BCUT2D eigenvalue weighted by atomic mass is 10.2. The summed E-state index contributed by atoms with van der Waals surface area (Å²) in [4.78, 5) is 0. The lowest BCUT2D eigenvalue weighted by molar-refractivity contribution is -0.0458. The van der Waals surface area contributed by atoms with E-state index in [0.717, 1.165) is 19.3 Å². The molecule has 0 saturated heterocycles. The molecule has 0 saturated carbocycles. The van der Waals surface area contributed by atoms with Gasteiger partial charge in [-0.05, 0) is 6.42 Å². The lowest BCUT2D eigenvalue weighted by Gasteiger charge is -2.10. The Bertz CT molecular complexity index is 202. The first-order chi connectivity index (χ1) is 6.35. The molecule has 72 valence electrons. The molecule has 0 aromatic heterocycles. The van der Waals surface area contributed by atoms with Gasteiger partial charge in [-0.2, -0.15) is 0 Å². The smallest absolute Gasteiger partial charge is 0.261 e. The normalized spacial score (nSPS) is 8.00. The second-order valence-corrected chi connectivity index (χ2v) is 2.51. The third kappa shape index (κ3) is 7.09. The van der Waals surface area contributed by atoms with Crippen LogP contribution in [0.15, 0.2) is 0 Å². The van der Waals surface area contributed by atoms with Gasteiger partial charge < -0.3 is 9.47 Å². The Hall–Kier alpha value is -1.28. The zero-order valence-corrected chi connectivity index (χ0v) is 8.52. The van der Waals surface area contributed by atoms with Crippen LogP contribution in [0, 0.1) is 24.1 Å². The van der Waals surface area contributed by atoms with Crippen LogP contribution in [0.5, 0.6) is 0 Å². The van der Waals surface area contributed by atoms with Gasteiger partial charge in [-0.3, -0.25) is 0 Å². The van der Waals surface area contributed by atoms with E-state index in [0.29, 0.717) is 0 Å². The van der Waals surface area contributed by atoms with Gasteiger partial charge in [0.15, 0.2) is 0 Å². The molecule has 0 aliphatic heterocycles. The highest BCUT2D eigenvalue weighted by atomic mass is 16.7. The van der Waals surface area contributed by atoms with Crippen molar-refractivity contribution >= 4 is 0 Å². The van der Waals surface area contributed by atoms with Crippen LogP contribution in [0.25, 0.3) is 0 Å². The van der Waals surface area contributed by atoms with Crippen molar-refractivity contribution in [2.45, 2.75) is 46.3 Å². The fourth-order valence-corrected chi connectivity index (χ4v) is 0.762. The average molecular weight is 180 g/mol. The summed E-state index contributed by atoms with van der Waals surface area (Å²) in [7, 11) is 0. The Labute approximate surface area is 80.6 Å². The van der Waals surface area contributed by atoms with Crippen LogP contribution in [0.1, 0.15) is 40.0 Å². The van der Waals surface area contributed by atoms with Gasteiger partial charge in [-0.1, -0.05) is 25.2 Å². The van der Waals surface area contributed by atoms with E-state index >= 15 is 0 Å². The second kappa shape index (κ2) is 8.81. The Balaban J connectivity index is 3.81. The molecule has 0 radical (unpaired) electrons. The molecule has 2 nitrogen and oxygen atoms in total. The van der Waals surface area contributed by atoms with Crippen molar-refractivity contribution in [1.82, 2.24) is 0 Å². The van der Waals surface area contributed by atoms with Crippen LogP contribution >= 0.6 is 0 Å². The first-order valence-corrected chi connectivity index (χ1v) is 4.50. The molecule has 2 heteroatoms. The van der Waals surface area contributed by atoms with Gasteiger partial charge in [0.1, 0.15) is 12.2 Å². The molecule has 13 heavy (non-hydrogen) atoms. The SMILES string of the molecule is CC#COC(CCCC)OC#CC. The number of unbranched alkanes of at least 4 members (excludes halogenated alkanes) is 1. The largest absolute Gasteiger partial charge is 0.404 e. The van der Waals surface area contributed by atoms with Crippen LogP contribution in [-0.2, 0) is 9.47 Å². The van der Waals surface area contributed by atoms with Gasteiger partial charge in [0.2, 0.25) is 0 Å². The molecular formula is C11H16O2. The van der Waals surface area contributed by atoms with Gasteiger partial charge in [-0.25, -0.2) is 0 Å². The van der Waals surface area contributed by atoms with Crippen molar-refractivity contribution in [3.8, 4) is 24.1 Å². The highest BCUT2D eigenvalue weighted by Gasteiger charge is 2.06. The first-order valence-electron chi connectivity index (χ1n) is 4.50. The van der Waals surface area contributed by atoms with E-state index in [1.165, 1.54) is 0 Å². The molecule has 0 aliphatic rings. The van der Waals surface area contributed by atoms with E-state index in [-0.39, 0.29) is 6.29 Å². The summed E-state index contributed by atoms with van der Waals surface area (Å²) >= 11 is 0. The summed E-state index contributed by atoms with van der Waals surface area (Å²) in [5, 5.41) is 0. The van der Waals surface area contributed by atoms with Gasteiger partial charge in [-0.15, -0.1) is 0 Å². The number of rotatable bonds is 5. The van der Waals surface area contributed by atoms with Crippen molar-refractivity contribution in [3.05, 3.63) is 0 Å². The number of hydrogen-bond acceptors (Lipinski definition) is 2. The highest BCUT2D eigenvalue weighted by molar-refractivity contribution is 4.88. The Morgan fingerprint density at radius 2 is 1.62 bits per heavy atom. The van der Waals surface area contributed by atoms with Crippen molar-refractivity contribution in [3.63, 3.8) is 0 Å². The summed E-state index contributed by atoms with van der Waals surface area (Å²) in [6, 6.07) is 0. The maximum absolute atomic E-state index is 5.11. The molecule has 0 N–H and O–H groups in total. The van der Waals surface area contributed by atoms with E-state index in [9.17, 15) is 0 Å². The Morgan fingerprint density at radius 1 is 1.08 bits per heavy atom. The van der Waals surface area contributed by atoms with Crippen LogP contribution in [0.2, 0.25) is 0 Å². The predicted octanol–water partition coefficient (Wildman–Crippen LogP) is 2.50. The van der Waals surface area contributed by atoms with E-state index < -0.39 is 0 Å². The molecule has 0 atom stereocenters. The van der Waals surface area contributed by atoms with Gasteiger partial charge in [0.25, 0.3) is 6.29 Å². The van der Waals surface area contributed by atoms with Gasteiger partial charge in [0, 0.05) is 20.3 Å². The zero-order chi connectivity index (χ0) is 9.94. The molecule has 0 aromatic rings. The molecule has 0 bridgehead atoms. The molecule has 0 spiro atoms. The molecule has 0 rings (SSSR count). The van der Waals surface area contributed by atoms with Gasteiger partial charge >= 0.3 is 0 Å².